The van der Waals surface area contributed by atoms with Crippen molar-refractivity contribution in [3.8, 4) is 0 Å². The monoisotopic (exact) mass is 281 g/mol. The molecule has 4 nitrogen and oxygen atoms in total. The van der Waals surface area contributed by atoms with Crippen molar-refractivity contribution in [2.45, 2.75) is 70.4 Å². The number of carbonyl (C=O) groups excluding carboxylic acids is 1. The van der Waals surface area contributed by atoms with Gasteiger partial charge in [-0.05, 0) is 57.7 Å². The van der Waals surface area contributed by atoms with Gasteiger partial charge in [0.25, 0.3) is 0 Å². The molecule has 2 atom stereocenters. The van der Waals surface area contributed by atoms with Crippen molar-refractivity contribution in [3.63, 3.8) is 0 Å². The van der Waals surface area contributed by atoms with Gasteiger partial charge in [0.15, 0.2) is 0 Å². The number of hydrogen-bond donors (Lipinski definition) is 2. The van der Waals surface area contributed by atoms with Crippen molar-refractivity contribution in [1.29, 1.82) is 0 Å². The van der Waals surface area contributed by atoms with E-state index in [4.69, 9.17) is 5.73 Å². The number of likely N-dealkylation sites (tertiary alicyclic amines) is 1. The van der Waals surface area contributed by atoms with Gasteiger partial charge in [-0.25, -0.2) is 0 Å². The standard InChI is InChI=1S/C16H31N3O/c1-3-5-13-7-10-19(11-8-13)14-6-9-16(12-14,15(17)20)18-4-2/h13-14,18H,3-12H2,1-2H3,(H2,17,20). The highest BCUT2D eigenvalue weighted by Crippen LogP contribution is 2.35. The van der Waals surface area contributed by atoms with Crippen molar-refractivity contribution in [2.75, 3.05) is 19.6 Å². The van der Waals surface area contributed by atoms with Gasteiger partial charge in [0.05, 0.1) is 5.54 Å². The molecule has 0 bridgehead atoms. The van der Waals surface area contributed by atoms with Crippen LogP contribution in [0.3, 0.4) is 0 Å². The zero-order chi connectivity index (χ0) is 14.6. The van der Waals surface area contributed by atoms with Crippen LogP contribution in [0.25, 0.3) is 0 Å². The lowest BCUT2D eigenvalue weighted by atomic mass is 9.91. The predicted molar refractivity (Wildman–Crippen MR) is 82.4 cm³/mol. The molecule has 0 aromatic rings. The van der Waals surface area contributed by atoms with Crippen LogP contribution in [-0.4, -0.2) is 42.0 Å². The molecule has 3 N–H and O–H groups in total. The summed E-state index contributed by atoms with van der Waals surface area (Å²) in [7, 11) is 0. The Balaban J connectivity index is 1.88. The second-order valence-electron chi connectivity index (χ2n) is 6.64. The molecule has 2 unspecified atom stereocenters. The van der Waals surface area contributed by atoms with Crippen LogP contribution in [0.4, 0.5) is 0 Å². The van der Waals surface area contributed by atoms with E-state index in [1.54, 1.807) is 0 Å². The highest BCUT2D eigenvalue weighted by Gasteiger charge is 2.45. The van der Waals surface area contributed by atoms with Crippen molar-refractivity contribution >= 4 is 5.91 Å². The number of amides is 1. The Morgan fingerprint density at radius 1 is 1.30 bits per heavy atom. The van der Waals surface area contributed by atoms with Crippen LogP contribution >= 0.6 is 0 Å². The summed E-state index contributed by atoms with van der Waals surface area (Å²) >= 11 is 0. The second-order valence-corrected chi connectivity index (χ2v) is 6.64. The maximum absolute atomic E-state index is 11.8. The molecule has 20 heavy (non-hydrogen) atoms. The third-order valence-corrected chi connectivity index (χ3v) is 5.34. The van der Waals surface area contributed by atoms with E-state index in [1.165, 1.54) is 38.8 Å². The molecule has 0 aromatic heterocycles. The van der Waals surface area contributed by atoms with E-state index in [-0.39, 0.29) is 5.91 Å². The van der Waals surface area contributed by atoms with Crippen LogP contribution in [0, 0.1) is 5.92 Å². The molecule has 0 aromatic carbocycles. The summed E-state index contributed by atoms with van der Waals surface area (Å²) in [6.07, 6.45) is 8.24. The zero-order valence-electron chi connectivity index (χ0n) is 13.2. The second kappa shape index (κ2) is 6.90. The number of piperidine rings is 1. The summed E-state index contributed by atoms with van der Waals surface area (Å²) in [6.45, 7) is 7.55. The Labute approximate surface area is 123 Å². The summed E-state index contributed by atoms with van der Waals surface area (Å²) in [4.78, 5) is 14.4. The fraction of sp³-hybridized carbons (Fsp3) is 0.938. The van der Waals surface area contributed by atoms with Gasteiger partial charge in [-0.2, -0.15) is 0 Å². The minimum Gasteiger partial charge on any atom is -0.368 e. The summed E-state index contributed by atoms with van der Waals surface area (Å²) in [6, 6.07) is 0.545. The quantitative estimate of drug-likeness (QED) is 0.781. The highest BCUT2D eigenvalue weighted by atomic mass is 16.1. The first-order chi connectivity index (χ1) is 9.61. The van der Waals surface area contributed by atoms with Gasteiger partial charge in [-0.1, -0.05) is 26.7 Å². The summed E-state index contributed by atoms with van der Waals surface area (Å²) in [5.41, 5.74) is 5.21. The molecular weight excluding hydrogens is 250 g/mol. The highest BCUT2D eigenvalue weighted by molar-refractivity contribution is 5.85. The Morgan fingerprint density at radius 2 is 2.00 bits per heavy atom. The average molecular weight is 281 g/mol. The van der Waals surface area contributed by atoms with E-state index in [1.807, 2.05) is 6.92 Å². The number of carbonyl (C=O) groups is 1. The van der Waals surface area contributed by atoms with Gasteiger partial charge in [-0.3, -0.25) is 4.79 Å². The van der Waals surface area contributed by atoms with E-state index < -0.39 is 5.54 Å². The van der Waals surface area contributed by atoms with Gasteiger partial charge < -0.3 is 16.0 Å². The van der Waals surface area contributed by atoms with Crippen LogP contribution in [0.5, 0.6) is 0 Å². The van der Waals surface area contributed by atoms with Gasteiger partial charge in [-0.15, -0.1) is 0 Å². The van der Waals surface area contributed by atoms with E-state index >= 15 is 0 Å². The third-order valence-electron chi connectivity index (χ3n) is 5.34. The molecule has 2 fully saturated rings. The number of likely N-dealkylation sites (N-methyl/N-ethyl adjacent to an activating group) is 1. The Kier molecular flexibility index (Phi) is 5.44. The molecule has 2 rings (SSSR count). The molecule has 1 saturated heterocycles. The zero-order valence-corrected chi connectivity index (χ0v) is 13.2. The first-order valence-electron chi connectivity index (χ1n) is 8.40. The minimum atomic E-state index is -0.445. The maximum atomic E-state index is 11.8. The molecule has 0 spiro atoms. The number of nitrogens with zero attached hydrogens (tertiary/aromatic N) is 1. The molecule has 1 aliphatic heterocycles. The number of primary amides is 1. The van der Waals surface area contributed by atoms with Crippen molar-refractivity contribution in [3.05, 3.63) is 0 Å². The molecule has 116 valence electrons. The van der Waals surface area contributed by atoms with E-state index in [2.05, 4.69) is 17.1 Å². The number of nitrogens with two attached hydrogens (primary N) is 1. The fourth-order valence-electron chi connectivity index (χ4n) is 4.16. The normalized spacial score (nSPS) is 32.6. The van der Waals surface area contributed by atoms with Gasteiger partial charge in [0.1, 0.15) is 0 Å². The average Bonchev–Trinajstić information content (AvgIpc) is 2.86. The molecule has 4 heteroatoms. The largest absolute Gasteiger partial charge is 0.368 e. The summed E-state index contributed by atoms with van der Waals surface area (Å²) < 4.78 is 0. The lowest BCUT2D eigenvalue weighted by Gasteiger charge is -2.37. The molecule has 1 aliphatic carbocycles. The van der Waals surface area contributed by atoms with Crippen LogP contribution in [-0.2, 0) is 4.79 Å². The maximum Gasteiger partial charge on any atom is 0.237 e. The summed E-state index contributed by atoms with van der Waals surface area (Å²) in [5.74, 6) is 0.759. The fourth-order valence-corrected chi connectivity index (χ4v) is 4.16. The Bertz CT molecular complexity index is 326. The van der Waals surface area contributed by atoms with Crippen LogP contribution in [0.15, 0.2) is 0 Å². The van der Waals surface area contributed by atoms with Gasteiger partial charge >= 0.3 is 0 Å². The van der Waals surface area contributed by atoms with Crippen molar-refractivity contribution in [2.24, 2.45) is 11.7 Å². The smallest absolute Gasteiger partial charge is 0.237 e. The summed E-state index contributed by atoms with van der Waals surface area (Å²) in [5, 5.41) is 3.35. The molecule has 1 saturated carbocycles. The minimum absolute atomic E-state index is 0.164. The predicted octanol–water partition coefficient (Wildman–Crippen LogP) is 1.88. The Morgan fingerprint density at radius 3 is 2.55 bits per heavy atom. The van der Waals surface area contributed by atoms with E-state index in [0.29, 0.717) is 6.04 Å². The van der Waals surface area contributed by atoms with Gasteiger partial charge in [0, 0.05) is 6.04 Å². The molecule has 1 heterocycles. The first-order valence-corrected chi connectivity index (χ1v) is 8.40. The molecule has 1 amide bonds. The first kappa shape index (κ1) is 15.8. The van der Waals surface area contributed by atoms with Crippen LogP contribution in [0.2, 0.25) is 0 Å². The van der Waals surface area contributed by atoms with Crippen molar-refractivity contribution < 1.29 is 4.79 Å². The molecular formula is C16H31N3O. The number of hydrogen-bond acceptors (Lipinski definition) is 3. The number of nitrogens with one attached hydrogen (secondary N) is 1. The van der Waals surface area contributed by atoms with Crippen molar-refractivity contribution in [1.82, 2.24) is 10.2 Å². The third kappa shape index (κ3) is 3.34. The van der Waals surface area contributed by atoms with E-state index in [9.17, 15) is 4.79 Å². The van der Waals surface area contributed by atoms with Crippen LogP contribution in [0.1, 0.15) is 58.8 Å². The van der Waals surface area contributed by atoms with Crippen LogP contribution < -0.4 is 11.1 Å². The van der Waals surface area contributed by atoms with Gasteiger partial charge in [0.2, 0.25) is 5.91 Å². The topological polar surface area (TPSA) is 58.4 Å². The Hall–Kier alpha value is -0.610. The molecule has 2 aliphatic rings. The lowest BCUT2D eigenvalue weighted by molar-refractivity contribution is -0.124. The molecule has 0 radical (unpaired) electrons. The number of rotatable bonds is 6. The lowest BCUT2D eigenvalue weighted by Crippen LogP contribution is -2.54. The van der Waals surface area contributed by atoms with E-state index in [0.717, 1.165) is 31.7 Å². The SMILES string of the molecule is CCCC1CCN(C2CCC(NCC)(C(N)=O)C2)CC1.